The maximum atomic E-state index is 5.41. The molecule has 3 nitrogen and oxygen atoms in total. The van der Waals surface area contributed by atoms with Crippen LogP contribution in [0.15, 0.2) is 12.4 Å². The molecule has 12 heavy (non-hydrogen) atoms. The van der Waals surface area contributed by atoms with Crippen molar-refractivity contribution >= 4 is 5.82 Å². The van der Waals surface area contributed by atoms with E-state index in [0.29, 0.717) is 5.82 Å². The minimum absolute atomic E-state index is 0.495. The first-order valence-corrected chi connectivity index (χ1v) is 4.39. The maximum Gasteiger partial charge on any atom is 0.141 e. The summed E-state index contributed by atoms with van der Waals surface area (Å²) in [6.45, 7) is 2.19. The SMILES string of the molecule is CCCCCc1cnc(N)cn1. The summed E-state index contributed by atoms with van der Waals surface area (Å²) in [5.74, 6) is 0.495. The summed E-state index contributed by atoms with van der Waals surface area (Å²) in [5.41, 5.74) is 6.45. The Morgan fingerprint density at radius 3 is 2.67 bits per heavy atom. The van der Waals surface area contributed by atoms with Crippen molar-refractivity contribution in [3.05, 3.63) is 18.1 Å². The first-order chi connectivity index (χ1) is 5.83. The largest absolute Gasteiger partial charge is 0.382 e. The molecule has 0 unspecified atom stereocenters. The zero-order valence-corrected chi connectivity index (χ0v) is 7.45. The molecular formula is C9H15N3. The Labute approximate surface area is 73.0 Å². The van der Waals surface area contributed by atoms with Crippen LogP contribution in [-0.4, -0.2) is 9.97 Å². The third kappa shape index (κ3) is 2.86. The summed E-state index contributed by atoms with van der Waals surface area (Å²) < 4.78 is 0. The first-order valence-electron chi connectivity index (χ1n) is 4.39. The van der Waals surface area contributed by atoms with Crippen LogP contribution in [0.2, 0.25) is 0 Å². The van der Waals surface area contributed by atoms with Gasteiger partial charge in [0.25, 0.3) is 0 Å². The van der Waals surface area contributed by atoms with Crippen molar-refractivity contribution in [1.82, 2.24) is 9.97 Å². The molecule has 0 atom stereocenters. The standard InChI is InChI=1S/C9H15N3/c1-2-3-4-5-8-6-12-9(10)7-11-8/h6-7H,2-5H2,1H3,(H2,10,12). The van der Waals surface area contributed by atoms with Gasteiger partial charge in [-0.2, -0.15) is 0 Å². The molecule has 0 aromatic carbocycles. The molecule has 2 N–H and O–H groups in total. The highest BCUT2D eigenvalue weighted by Gasteiger charge is 1.94. The zero-order valence-electron chi connectivity index (χ0n) is 7.45. The van der Waals surface area contributed by atoms with E-state index in [2.05, 4.69) is 16.9 Å². The number of nitrogens with zero attached hydrogens (tertiary/aromatic N) is 2. The fraction of sp³-hybridized carbons (Fsp3) is 0.556. The van der Waals surface area contributed by atoms with Crippen molar-refractivity contribution in [2.75, 3.05) is 5.73 Å². The number of nitrogen functional groups attached to an aromatic ring is 1. The van der Waals surface area contributed by atoms with Gasteiger partial charge in [0.2, 0.25) is 0 Å². The van der Waals surface area contributed by atoms with Crippen LogP contribution >= 0.6 is 0 Å². The first kappa shape index (κ1) is 8.97. The molecule has 0 fully saturated rings. The van der Waals surface area contributed by atoms with Crippen LogP contribution in [0, 0.1) is 0 Å². The van der Waals surface area contributed by atoms with Gasteiger partial charge in [-0.3, -0.25) is 4.98 Å². The number of hydrogen-bond donors (Lipinski definition) is 1. The topological polar surface area (TPSA) is 51.8 Å². The quantitative estimate of drug-likeness (QED) is 0.692. The Bertz CT molecular complexity index is 218. The lowest BCUT2D eigenvalue weighted by Crippen LogP contribution is -1.95. The third-order valence-electron chi connectivity index (χ3n) is 1.76. The predicted octanol–water partition coefficient (Wildman–Crippen LogP) is 1.79. The highest BCUT2D eigenvalue weighted by atomic mass is 14.9. The second-order valence-corrected chi connectivity index (χ2v) is 2.89. The molecule has 1 aromatic heterocycles. The Hall–Kier alpha value is -1.12. The number of hydrogen-bond acceptors (Lipinski definition) is 3. The van der Waals surface area contributed by atoms with E-state index in [0.717, 1.165) is 12.1 Å². The summed E-state index contributed by atoms with van der Waals surface area (Å²) in [5, 5.41) is 0. The van der Waals surface area contributed by atoms with Gasteiger partial charge in [0.15, 0.2) is 0 Å². The van der Waals surface area contributed by atoms with Gasteiger partial charge in [-0.05, 0) is 12.8 Å². The van der Waals surface area contributed by atoms with Crippen LogP contribution in [-0.2, 0) is 6.42 Å². The lowest BCUT2D eigenvalue weighted by molar-refractivity contribution is 0.705. The van der Waals surface area contributed by atoms with Crippen molar-refractivity contribution in [3.63, 3.8) is 0 Å². The Balaban J connectivity index is 2.37. The molecule has 0 spiro atoms. The molecule has 0 aliphatic rings. The molecule has 0 aliphatic heterocycles. The molecular weight excluding hydrogens is 150 g/mol. The second-order valence-electron chi connectivity index (χ2n) is 2.89. The van der Waals surface area contributed by atoms with Crippen LogP contribution in [0.1, 0.15) is 31.9 Å². The molecule has 0 radical (unpaired) electrons. The van der Waals surface area contributed by atoms with Gasteiger partial charge in [0.1, 0.15) is 5.82 Å². The van der Waals surface area contributed by atoms with Gasteiger partial charge in [-0.15, -0.1) is 0 Å². The minimum Gasteiger partial charge on any atom is -0.382 e. The van der Waals surface area contributed by atoms with E-state index >= 15 is 0 Å². The molecule has 0 amide bonds. The predicted molar refractivity (Wildman–Crippen MR) is 49.7 cm³/mol. The van der Waals surface area contributed by atoms with Crippen LogP contribution in [0.25, 0.3) is 0 Å². The summed E-state index contributed by atoms with van der Waals surface area (Å²) >= 11 is 0. The monoisotopic (exact) mass is 165 g/mol. The number of aryl methyl sites for hydroxylation is 1. The summed E-state index contributed by atoms with van der Waals surface area (Å²) in [4.78, 5) is 8.14. The molecule has 1 heterocycles. The van der Waals surface area contributed by atoms with Gasteiger partial charge < -0.3 is 5.73 Å². The molecule has 0 aliphatic carbocycles. The summed E-state index contributed by atoms with van der Waals surface area (Å²) in [6, 6.07) is 0. The van der Waals surface area contributed by atoms with Crippen molar-refractivity contribution in [3.8, 4) is 0 Å². The van der Waals surface area contributed by atoms with E-state index in [9.17, 15) is 0 Å². The third-order valence-corrected chi connectivity index (χ3v) is 1.76. The molecule has 0 saturated carbocycles. The molecule has 66 valence electrons. The number of anilines is 1. The van der Waals surface area contributed by atoms with E-state index in [4.69, 9.17) is 5.73 Å². The zero-order chi connectivity index (χ0) is 8.81. The minimum atomic E-state index is 0.495. The molecule has 1 aromatic rings. The van der Waals surface area contributed by atoms with E-state index in [1.54, 1.807) is 12.4 Å². The van der Waals surface area contributed by atoms with Gasteiger partial charge >= 0.3 is 0 Å². The fourth-order valence-electron chi connectivity index (χ4n) is 1.05. The number of unbranched alkanes of at least 4 members (excludes halogenated alkanes) is 2. The van der Waals surface area contributed by atoms with Crippen LogP contribution < -0.4 is 5.73 Å². The van der Waals surface area contributed by atoms with E-state index < -0.39 is 0 Å². The van der Waals surface area contributed by atoms with E-state index in [1.165, 1.54) is 19.3 Å². The average molecular weight is 165 g/mol. The smallest absolute Gasteiger partial charge is 0.141 e. The van der Waals surface area contributed by atoms with Gasteiger partial charge in [0, 0.05) is 0 Å². The van der Waals surface area contributed by atoms with Crippen LogP contribution in [0.3, 0.4) is 0 Å². The molecule has 1 rings (SSSR count). The Kier molecular flexibility index (Phi) is 3.51. The number of aromatic nitrogens is 2. The lowest BCUT2D eigenvalue weighted by Gasteiger charge is -1.98. The lowest BCUT2D eigenvalue weighted by atomic mass is 10.2. The van der Waals surface area contributed by atoms with E-state index in [-0.39, 0.29) is 0 Å². The van der Waals surface area contributed by atoms with Crippen molar-refractivity contribution in [2.45, 2.75) is 32.6 Å². The van der Waals surface area contributed by atoms with Crippen molar-refractivity contribution in [1.29, 1.82) is 0 Å². The van der Waals surface area contributed by atoms with Crippen LogP contribution in [0.4, 0.5) is 5.82 Å². The second kappa shape index (κ2) is 4.70. The molecule has 3 heteroatoms. The van der Waals surface area contributed by atoms with Crippen molar-refractivity contribution in [2.24, 2.45) is 0 Å². The van der Waals surface area contributed by atoms with Gasteiger partial charge in [-0.1, -0.05) is 19.8 Å². The summed E-state index contributed by atoms with van der Waals surface area (Å²) in [7, 11) is 0. The molecule has 0 saturated heterocycles. The average Bonchev–Trinajstić information content (AvgIpc) is 2.09. The number of rotatable bonds is 4. The van der Waals surface area contributed by atoms with Crippen LogP contribution in [0.5, 0.6) is 0 Å². The summed E-state index contributed by atoms with van der Waals surface area (Å²) in [6.07, 6.45) is 8.07. The maximum absolute atomic E-state index is 5.41. The highest BCUT2D eigenvalue weighted by Crippen LogP contribution is 2.03. The molecule has 0 bridgehead atoms. The number of nitrogens with two attached hydrogens (primary N) is 1. The van der Waals surface area contributed by atoms with Crippen molar-refractivity contribution < 1.29 is 0 Å². The Morgan fingerprint density at radius 2 is 2.08 bits per heavy atom. The highest BCUT2D eigenvalue weighted by molar-refractivity contribution is 5.22. The van der Waals surface area contributed by atoms with Gasteiger partial charge in [-0.25, -0.2) is 4.98 Å². The van der Waals surface area contributed by atoms with Gasteiger partial charge in [0.05, 0.1) is 18.1 Å². The Morgan fingerprint density at radius 1 is 1.25 bits per heavy atom. The normalized spacial score (nSPS) is 10.1. The fourth-order valence-corrected chi connectivity index (χ4v) is 1.05. The van der Waals surface area contributed by atoms with E-state index in [1.807, 2.05) is 0 Å².